The first kappa shape index (κ1) is 14.5. The Bertz CT molecular complexity index is 597. The highest BCUT2D eigenvalue weighted by Crippen LogP contribution is 2.27. The molecule has 0 aliphatic carbocycles. The normalized spacial score (nSPS) is 10.8. The Balaban J connectivity index is 2.32. The summed E-state index contributed by atoms with van der Waals surface area (Å²) >= 11 is 6.97. The van der Waals surface area contributed by atoms with Crippen molar-refractivity contribution in [3.8, 4) is 0 Å². The third-order valence-electron chi connectivity index (χ3n) is 2.62. The van der Waals surface area contributed by atoms with Crippen LogP contribution >= 0.6 is 31.9 Å². The summed E-state index contributed by atoms with van der Waals surface area (Å²) in [5, 5.41) is 3.31. The molecule has 3 nitrogen and oxygen atoms in total. The smallest absolute Gasteiger partial charge is 0.135 e. The van der Waals surface area contributed by atoms with E-state index in [4.69, 9.17) is 0 Å². The maximum Gasteiger partial charge on any atom is 0.135 e. The zero-order valence-electron chi connectivity index (χ0n) is 11.0. The van der Waals surface area contributed by atoms with Crippen molar-refractivity contribution in [3.05, 3.63) is 44.7 Å². The SMILES string of the molecule is Cc1ccc(Nc2cc(Br)nc(C(C)C)n2)c(Br)c1. The van der Waals surface area contributed by atoms with Crippen molar-refractivity contribution in [1.82, 2.24) is 9.97 Å². The fourth-order valence-electron chi connectivity index (χ4n) is 1.62. The maximum absolute atomic E-state index is 4.52. The van der Waals surface area contributed by atoms with Gasteiger partial charge in [0.25, 0.3) is 0 Å². The average Bonchev–Trinajstić information content (AvgIpc) is 2.32. The van der Waals surface area contributed by atoms with E-state index in [0.717, 1.165) is 26.4 Å². The van der Waals surface area contributed by atoms with Gasteiger partial charge in [0.05, 0.1) is 5.69 Å². The molecule has 19 heavy (non-hydrogen) atoms. The average molecular weight is 385 g/mol. The third kappa shape index (κ3) is 3.76. The van der Waals surface area contributed by atoms with Crippen LogP contribution in [0.15, 0.2) is 33.3 Å². The van der Waals surface area contributed by atoms with Crippen LogP contribution in [0.25, 0.3) is 0 Å². The topological polar surface area (TPSA) is 37.8 Å². The highest BCUT2D eigenvalue weighted by molar-refractivity contribution is 9.10. The lowest BCUT2D eigenvalue weighted by atomic mass is 10.2. The molecule has 0 amide bonds. The summed E-state index contributed by atoms with van der Waals surface area (Å²) in [5.41, 5.74) is 2.20. The molecule has 0 unspecified atom stereocenters. The molecule has 5 heteroatoms. The Hall–Kier alpha value is -0.940. The van der Waals surface area contributed by atoms with E-state index in [0.29, 0.717) is 5.92 Å². The number of halogens is 2. The van der Waals surface area contributed by atoms with Crippen LogP contribution in [0.4, 0.5) is 11.5 Å². The molecule has 2 rings (SSSR count). The number of rotatable bonds is 3. The number of hydrogen-bond acceptors (Lipinski definition) is 3. The van der Waals surface area contributed by atoms with Crippen LogP contribution in [-0.4, -0.2) is 9.97 Å². The molecule has 1 heterocycles. The first-order chi connectivity index (χ1) is 8.95. The number of anilines is 2. The Labute approximate surface area is 130 Å². The maximum atomic E-state index is 4.52. The van der Waals surface area contributed by atoms with Gasteiger partial charge in [0, 0.05) is 16.5 Å². The summed E-state index contributed by atoms with van der Waals surface area (Å²) in [6.45, 7) is 6.22. The number of hydrogen-bond donors (Lipinski definition) is 1. The summed E-state index contributed by atoms with van der Waals surface area (Å²) in [6.07, 6.45) is 0. The monoisotopic (exact) mass is 383 g/mol. The van der Waals surface area contributed by atoms with E-state index in [1.54, 1.807) is 0 Å². The quantitative estimate of drug-likeness (QED) is 0.741. The second kappa shape index (κ2) is 6.01. The van der Waals surface area contributed by atoms with Crippen molar-refractivity contribution in [2.24, 2.45) is 0 Å². The molecule has 0 aliphatic rings. The van der Waals surface area contributed by atoms with Gasteiger partial charge in [0.15, 0.2) is 0 Å². The predicted octanol–water partition coefficient (Wildman–Crippen LogP) is 5.18. The molecular weight excluding hydrogens is 370 g/mol. The summed E-state index contributed by atoms with van der Waals surface area (Å²) in [5.74, 6) is 1.90. The van der Waals surface area contributed by atoms with Gasteiger partial charge in [-0.1, -0.05) is 19.9 Å². The van der Waals surface area contributed by atoms with E-state index < -0.39 is 0 Å². The number of benzene rings is 1. The van der Waals surface area contributed by atoms with E-state index in [2.05, 4.69) is 80.0 Å². The largest absolute Gasteiger partial charge is 0.339 e. The van der Waals surface area contributed by atoms with E-state index in [1.165, 1.54) is 5.56 Å². The minimum absolute atomic E-state index is 0.291. The van der Waals surface area contributed by atoms with Crippen LogP contribution < -0.4 is 5.32 Å². The number of aromatic nitrogens is 2. The first-order valence-corrected chi connectivity index (χ1v) is 7.62. The minimum atomic E-state index is 0.291. The summed E-state index contributed by atoms with van der Waals surface area (Å²) in [4.78, 5) is 8.88. The van der Waals surface area contributed by atoms with Gasteiger partial charge in [-0.25, -0.2) is 9.97 Å². The molecule has 0 bridgehead atoms. The lowest BCUT2D eigenvalue weighted by Gasteiger charge is -2.11. The van der Waals surface area contributed by atoms with Crippen molar-refractivity contribution < 1.29 is 0 Å². The highest BCUT2D eigenvalue weighted by atomic mass is 79.9. The van der Waals surface area contributed by atoms with Crippen molar-refractivity contribution in [2.75, 3.05) is 5.32 Å². The van der Waals surface area contributed by atoms with Gasteiger partial charge in [0.1, 0.15) is 16.2 Å². The molecule has 1 N–H and O–H groups in total. The van der Waals surface area contributed by atoms with Gasteiger partial charge in [-0.3, -0.25) is 0 Å². The highest BCUT2D eigenvalue weighted by Gasteiger charge is 2.08. The Morgan fingerprint density at radius 2 is 1.84 bits per heavy atom. The first-order valence-electron chi connectivity index (χ1n) is 6.03. The van der Waals surface area contributed by atoms with E-state index in [-0.39, 0.29) is 0 Å². The molecule has 0 radical (unpaired) electrons. The van der Waals surface area contributed by atoms with E-state index in [9.17, 15) is 0 Å². The fraction of sp³-hybridized carbons (Fsp3) is 0.286. The lowest BCUT2D eigenvalue weighted by molar-refractivity contribution is 0.771. The van der Waals surface area contributed by atoms with Crippen molar-refractivity contribution >= 4 is 43.4 Å². The Morgan fingerprint density at radius 1 is 1.11 bits per heavy atom. The molecule has 0 spiro atoms. The number of aryl methyl sites for hydroxylation is 1. The molecule has 0 aliphatic heterocycles. The van der Waals surface area contributed by atoms with Crippen LogP contribution in [0.5, 0.6) is 0 Å². The summed E-state index contributed by atoms with van der Waals surface area (Å²) in [6, 6.07) is 8.04. The number of nitrogens with zero attached hydrogens (tertiary/aromatic N) is 2. The molecule has 0 atom stereocenters. The molecule has 0 saturated carbocycles. The molecule has 1 aromatic heterocycles. The van der Waals surface area contributed by atoms with Crippen LogP contribution in [0, 0.1) is 6.92 Å². The van der Waals surface area contributed by atoms with Gasteiger partial charge in [-0.15, -0.1) is 0 Å². The Morgan fingerprint density at radius 3 is 2.47 bits per heavy atom. The van der Waals surface area contributed by atoms with Crippen LogP contribution in [0.1, 0.15) is 31.2 Å². The van der Waals surface area contributed by atoms with Gasteiger partial charge in [-0.2, -0.15) is 0 Å². The molecule has 100 valence electrons. The van der Waals surface area contributed by atoms with E-state index in [1.807, 2.05) is 12.1 Å². The predicted molar refractivity (Wildman–Crippen MR) is 86.0 cm³/mol. The molecule has 0 saturated heterocycles. The van der Waals surface area contributed by atoms with Crippen LogP contribution in [-0.2, 0) is 0 Å². The van der Waals surface area contributed by atoms with Crippen molar-refractivity contribution in [2.45, 2.75) is 26.7 Å². The number of nitrogens with one attached hydrogen (secondary N) is 1. The second-order valence-corrected chi connectivity index (χ2v) is 6.36. The zero-order valence-corrected chi connectivity index (χ0v) is 14.2. The van der Waals surface area contributed by atoms with E-state index >= 15 is 0 Å². The second-order valence-electron chi connectivity index (χ2n) is 4.70. The fourth-order valence-corrected chi connectivity index (χ4v) is 2.61. The van der Waals surface area contributed by atoms with Crippen LogP contribution in [0.2, 0.25) is 0 Å². The standard InChI is InChI=1S/C14H15Br2N3/c1-8(2)14-18-12(16)7-13(19-14)17-11-5-4-9(3)6-10(11)15/h4-8H,1-3H3,(H,17,18,19). The molecular formula is C14H15Br2N3. The van der Waals surface area contributed by atoms with Crippen LogP contribution in [0.3, 0.4) is 0 Å². The zero-order chi connectivity index (χ0) is 14.0. The van der Waals surface area contributed by atoms with Gasteiger partial charge in [-0.05, 0) is 56.5 Å². The molecule has 2 aromatic rings. The van der Waals surface area contributed by atoms with Gasteiger partial charge < -0.3 is 5.32 Å². The van der Waals surface area contributed by atoms with Crippen molar-refractivity contribution in [3.63, 3.8) is 0 Å². The molecule has 0 fully saturated rings. The van der Waals surface area contributed by atoms with Gasteiger partial charge >= 0.3 is 0 Å². The summed E-state index contributed by atoms with van der Waals surface area (Å²) in [7, 11) is 0. The minimum Gasteiger partial charge on any atom is -0.339 e. The third-order valence-corrected chi connectivity index (χ3v) is 3.68. The van der Waals surface area contributed by atoms with Gasteiger partial charge in [0.2, 0.25) is 0 Å². The lowest BCUT2D eigenvalue weighted by Crippen LogP contribution is -2.02. The summed E-state index contributed by atoms with van der Waals surface area (Å²) < 4.78 is 1.81. The van der Waals surface area contributed by atoms with Crippen molar-refractivity contribution in [1.29, 1.82) is 0 Å². The molecule has 1 aromatic carbocycles. The Kier molecular flexibility index (Phi) is 4.58.